The number of aromatic nitrogens is 2. The van der Waals surface area contributed by atoms with Gasteiger partial charge in [0, 0.05) is 12.2 Å². The molecule has 0 bridgehead atoms. The molecule has 2 unspecified atom stereocenters. The molecule has 1 aliphatic carbocycles. The number of esters is 2. The average Bonchev–Trinajstić information content (AvgIpc) is 2.57. The van der Waals surface area contributed by atoms with Gasteiger partial charge in [-0.1, -0.05) is 6.08 Å². The molecule has 0 saturated carbocycles. The minimum atomic E-state index is -0.656. The number of ether oxygens (including phenoxy) is 2. The van der Waals surface area contributed by atoms with E-state index in [2.05, 4.69) is 16.5 Å². The van der Waals surface area contributed by atoms with E-state index in [-0.39, 0.29) is 24.8 Å². The number of nitrogens with one attached hydrogen (secondary N) is 1. The van der Waals surface area contributed by atoms with Crippen LogP contribution in [0.1, 0.15) is 36.6 Å². The first-order chi connectivity index (χ1) is 11.5. The van der Waals surface area contributed by atoms with Crippen molar-refractivity contribution in [2.24, 2.45) is 0 Å². The minimum Gasteiger partial charge on any atom is -0.455 e. The van der Waals surface area contributed by atoms with Crippen LogP contribution in [0.4, 0.5) is 0 Å². The molecule has 128 valence electrons. The lowest BCUT2D eigenvalue weighted by Gasteiger charge is -2.37. The Morgan fingerprint density at radius 1 is 1.29 bits per heavy atom. The monoisotopic (exact) mass is 333 g/mol. The molecule has 2 atom stereocenters. The first-order valence-electron chi connectivity index (χ1n) is 7.84. The van der Waals surface area contributed by atoms with E-state index >= 15 is 0 Å². The fourth-order valence-electron chi connectivity index (χ4n) is 3.20. The van der Waals surface area contributed by atoms with Crippen LogP contribution in [-0.2, 0) is 20.7 Å². The number of aryl methyl sites for hydroxylation is 1. The van der Waals surface area contributed by atoms with Crippen molar-refractivity contribution in [1.29, 1.82) is 0 Å². The Hall–Kier alpha value is -2.48. The van der Waals surface area contributed by atoms with E-state index in [1.807, 2.05) is 11.9 Å². The normalized spacial score (nSPS) is 23.4. The van der Waals surface area contributed by atoms with Crippen LogP contribution >= 0.6 is 0 Å². The van der Waals surface area contributed by atoms with Gasteiger partial charge in [-0.25, -0.2) is 4.79 Å². The van der Waals surface area contributed by atoms with Gasteiger partial charge in [0.25, 0.3) is 0 Å². The Morgan fingerprint density at radius 2 is 2.04 bits per heavy atom. The number of likely N-dealkylation sites (N-methyl/N-ethyl adjacent to an activating group) is 1. The summed E-state index contributed by atoms with van der Waals surface area (Å²) in [6.45, 7) is 4.34. The molecule has 0 aromatic carbocycles. The molecule has 0 fully saturated rings. The number of rotatable bonds is 3. The molecular weight excluding hydrogens is 314 g/mol. The molecule has 1 aliphatic heterocycles. The highest BCUT2D eigenvalue weighted by molar-refractivity contribution is 5.80. The van der Waals surface area contributed by atoms with Gasteiger partial charge in [0.2, 0.25) is 5.88 Å². The van der Waals surface area contributed by atoms with Gasteiger partial charge in [-0.3, -0.25) is 14.5 Å². The van der Waals surface area contributed by atoms with E-state index in [1.165, 1.54) is 0 Å². The first-order valence-corrected chi connectivity index (χ1v) is 7.84. The third kappa shape index (κ3) is 3.09. The van der Waals surface area contributed by atoms with Crippen molar-refractivity contribution in [3.8, 4) is 5.88 Å². The maximum Gasteiger partial charge on any atom is 0.348 e. The lowest BCUT2D eigenvalue weighted by molar-refractivity contribution is -0.154. The summed E-state index contributed by atoms with van der Waals surface area (Å²) < 4.78 is 10.9. The van der Waals surface area contributed by atoms with Crippen LogP contribution in [0, 0.1) is 0 Å². The number of carbonyl (C=O) groups excluding carboxylic acids is 2. The van der Waals surface area contributed by atoms with Crippen LogP contribution in [-0.4, -0.2) is 46.4 Å². The Kier molecular flexibility index (Phi) is 4.48. The molecule has 0 radical (unpaired) electrons. The average molecular weight is 333 g/mol. The largest absolute Gasteiger partial charge is 0.455 e. The Morgan fingerprint density at radius 3 is 2.79 bits per heavy atom. The smallest absolute Gasteiger partial charge is 0.348 e. The van der Waals surface area contributed by atoms with Gasteiger partial charge in [-0.05, 0) is 19.9 Å². The molecule has 0 spiro atoms. The van der Waals surface area contributed by atoms with Crippen molar-refractivity contribution in [3.63, 3.8) is 0 Å². The fraction of sp³-hybridized carbons (Fsp3) is 0.500. The molecular formula is C16H19N3O5. The van der Waals surface area contributed by atoms with Gasteiger partial charge in [0.1, 0.15) is 6.10 Å². The topological polar surface area (TPSA) is 102 Å². The number of nitrogens with zero attached hydrogens (tertiary/aromatic N) is 2. The molecule has 1 N–H and O–H groups in total. The maximum atomic E-state index is 12.1. The minimum absolute atomic E-state index is 0.0600. The van der Waals surface area contributed by atoms with E-state index in [4.69, 9.17) is 9.47 Å². The van der Waals surface area contributed by atoms with Crippen LogP contribution < -0.4 is 10.4 Å². The molecule has 0 saturated heterocycles. The maximum absolute atomic E-state index is 12.1. The molecule has 2 heterocycles. The summed E-state index contributed by atoms with van der Waals surface area (Å²) in [5, 5.41) is 0. The van der Waals surface area contributed by atoms with E-state index < -0.39 is 23.7 Å². The highest BCUT2D eigenvalue weighted by atomic mass is 16.6. The highest BCUT2D eigenvalue weighted by Gasteiger charge is 2.39. The molecule has 1 aromatic heterocycles. The molecule has 8 heteroatoms. The lowest BCUT2D eigenvalue weighted by Crippen LogP contribution is -2.42. The van der Waals surface area contributed by atoms with E-state index in [0.29, 0.717) is 30.6 Å². The number of H-pyrrole nitrogens is 1. The zero-order valence-corrected chi connectivity index (χ0v) is 13.4. The quantitative estimate of drug-likeness (QED) is 0.634. The second kappa shape index (κ2) is 6.56. The number of carbonyl (C=O) groups is 2. The highest BCUT2D eigenvalue weighted by Crippen LogP contribution is 2.39. The summed E-state index contributed by atoms with van der Waals surface area (Å²) in [5.41, 5.74) is 0.491. The Bertz CT molecular complexity index is 742. The molecule has 3 rings (SSSR count). The molecule has 0 amide bonds. The SMILES string of the molecule is C=CCN(C)C1CCc2[nH]c(=O)nc3c2C1OC(=O)CCC(=O)O3. The number of aromatic amines is 1. The van der Waals surface area contributed by atoms with Crippen molar-refractivity contribution in [2.45, 2.75) is 37.8 Å². The van der Waals surface area contributed by atoms with Gasteiger partial charge in [-0.2, -0.15) is 4.98 Å². The molecule has 24 heavy (non-hydrogen) atoms. The van der Waals surface area contributed by atoms with Crippen molar-refractivity contribution < 1.29 is 19.1 Å². The van der Waals surface area contributed by atoms with E-state index in [0.717, 1.165) is 0 Å². The summed E-state index contributed by atoms with van der Waals surface area (Å²) in [5.74, 6) is -1.13. The second-order valence-corrected chi connectivity index (χ2v) is 5.96. The summed E-state index contributed by atoms with van der Waals surface area (Å²) in [7, 11) is 1.91. The van der Waals surface area contributed by atoms with Crippen LogP contribution in [0.15, 0.2) is 17.4 Å². The van der Waals surface area contributed by atoms with Gasteiger partial charge in [0.15, 0.2) is 0 Å². The van der Waals surface area contributed by atoms with Crippen LogP contribution in [0.25, 0.3) is 0 Å². The van der Waals surface area contributed by atoms with Crippen molar-refractivity contribution in [1.82, 2.24) is 14.9 Å². The molecule has 1 aromatic rings. The Labute approximate surface area is 138 Å². The lowest BCUT2D eigenvalue weighted by atomic mass is 9.88. The Balaban J connectivity index is 2.11. The summed E-state index contributed by atoms with van der Waals surface area (Å²) >= 11 is 0. The summed E-state index contributed by atoms with van der Waals surface area (Å²) in [6, 6.07) is -0.122. The first kappa shape index (κ1) is 16.4. The molecule has 8 nitrogen and oxygen atoms in total. The predicted molar refractivity (Wildman–Crippen MR) is 83.5 cm³/mol. The van der Waals surface area contributed by atoms with E-state index in [9.17, 15) is 14.4 Å². The third-order valence-corrected chi connectivity index (χ3v) is 4.33. The van der Waals surface area contributed by atoms with Gasteiger partial charge >= 0.3 is 17.6 Å². The fourth-order valence-corrected chi connectivity index (χ4v) is 3.20. The van der Waals surface area contributed by atoms with Gasteiger partial charge in [-0.15, -0.1) is 6.58 Å². The zero-order valence-electron chi connectivity index (χ0n) is 13.4. The van der Waals surface area contributed by atoms with Crippen LogP contribution in [0.2, 0.25) is 0 Å². The zero-order chi connectivity index (χ0) is 17.3. The van der Waals surface area contributed by atoms with Crippen molar-refractivity contribution in [3.05, 3.63) is 34.4 Å². The van der Waals surface area contributed by atoms with Crippen molar-refractivity contribution >= 4 is 11.9 Å². The number of hydrogen-bond donors (Lipinski definition) is 1. The summed E-state index contributed by atoms with van der Waals surface area (Å²) in [4.78, 5) is 44.1. The molecule has 2 aliphatic rings. The standard InChI is InChI=1S/C16H19N3O5/c1-3-8-19(2)10-5-4-9-13-14(10)23-11(20)6-7-12(21)24-15(13)18-16(22)17-9/h3,10,14H,1,4-8H2,2H3,(H,17,18,22). The van der Waals surface area contributed by atoms with E-state index in [1.54, 1.807) is 6.08 Å². The third-order valence-electron chi connectivity index (χ3n) is 4.33. The number of hydrogen-bond acceptors (Lipinski definition) is 7. The van der Waals surface area contributed by atoms with Crippen molar-refractivity contribution in [2.75, 3.05) is 13.6 Å². The summed E-state index contributed by atoms with van der Waals surface area (Å²) in [6.07, 6.45) is 2.18. The van der Waals surface area contributed by atoms with Crippen LogP contribution in [0.3, 0.4) is 0 Å². The predicted octanol–water partition coefficient (Wildman–Crippen LogP) is 0.486. The second-order valence-electron chi connectivity index (χ2n) is 5.96. The van der Waals surface area contributed by atoms with Crippen LogP contribution in [0.5, 0.6) is 5.88 Å². The van der Waals surface area contributed by atoms with Gasteiger partial charge in [0.05, 0.1) is 24.4 Å². The van der Waals surface area contributed by atoms with Gasteiger partial charge < -0.3 is 14.5 Å².